The Balaban J connectivity index is 1.50. The van der Waals surface area contributed by atoms with Crippen LogP contribution in [0.2, 0.25) is 0 Å². The summed E-state index contributed by atoms with van der Waals surface area (Å²) in [6, 6.07) is 16.3. The molecule has 2 aromatic carbocycles. The summed E-state index contributed by atoms with van der Waals surface area (Å²) >= 11 is 0. The quantitative estimate of drug-likeness (QED) is 0.320. The van der Waals surface area contributed by atoms with Gasteiger partial charge in [0.15, 0.2) is 5.82 Å². The summed E-state index contributed by atoms with van der Waals surface area (Å²) < 4.78 is 5.78. The minimum absolute atomic E-state index is 0.402. The molecule has 0 bridgehead atoms. The molecule has 0 atom stereocenters. The lowest BCUT2D eigenvalue weighted by Gasteiger charge is -2.08. The Hall–Kier alpha value is -2.83. The number of rotatable bonds is 10. The summed E-state index contributed by atoms with van der Waals surface area (Å²) in [7, 11) is 0. The molecule has 0 radical (unpaired) electrons. The van der Waals surface area contributed by atoms with E-state index < -0.39 is 0 Å². The molecule has 1 aromatic heterocycles. The second-order valence-electron chi connectivity index (χ2n) is 6.16. The van der Waals surface area contributed by atoms with Gasteiger partial charge in [0.05, 0.1) is 13.2 Å². The van der Waals surface area contributed by atoms with Gasteiger partial charge in [0.25, 0.3) is 0 Å². The second-order valence-corrected chi connectivity index (χ2v) is 6.16. The summed E-state index contributed by atoms with van der Waals surface area (Å²) in [5.74, 6) is 1.54. The van der Waals surface area contributed by atoms with Crippen LogP contribution in [0.25, 0.3) is 22.5 Å². The Morgan fingerprint density at radius 2 is 1.22 bits per heavy atom. The molecule has 27 heavy (non-hydrogen) atoms. The van der Waals surface area contributed by atoms with Crippen LogP contribution in [0.15, 0.2) is 61.2 Å². The number of hydrogen-bond acceptors (Lipinski definition) is 6. The molecule has 0 amide bonds. The minimum atomic E-state index is 0.402. The maximum atomic E-state index is 8.26. The van der Waals surface area contributed by atoms with Crippen molar-refractivity contribution in [1.29, 1.82) is 0 Å². The van der Waals surface area contributed by atoms with E-state index in [1.165, 1.54) is 12.7 Å². The summed E-state index contributed by atoms with van der Waals surface area (Å²) in [6.45, 7) is 1.10. The zero-order valence-corrected chi connectivity index (χ0v) is 15.1. The van der Waals surface area contributed by atoms with Crippen LogP contribution >= 0.6 is 0 Å². The van der Waals surface area contributed by atoms with Gasteiger partial charge in [-0.1, -0.05) is 42.8 Å². The molecule has 0 spiro atoms. The van der Waals surface area contributed by atoms with E-state index in [2.05, 4.69) is 44.1 Å². The van der Waals surface area contributed by atoms with E-state index in [9.17, 15) is 0 Å². The first-order valence-electron chi connectivity index (χ1n) is 9.09. The van der Waals surface area contributed by atoms with Crippen molar-refractivity contribution in [2.75, 3.05) is 13.2 Å². The van der Waals surface area contributed by atoms with Crippen LogP contribution < -0.4 is 4.74 Å². The number of ether oxygens (including phenoxy) is 1. The molecule has 1 N–H and O–H groups in total. The number of unbranched alkanes of at least 4 members (excludes halogenated alkanes) is 3. The summed E-state index contributed by atoms with van der Waals surface area (Å²) in [4.78, 5) is 16.2. The average Bonchev–Trinajstić information content (AvgIpc) is 2.74. The van der Waals surface area contributed by atoms with Crippen molar-refractivity contribution in [3.63, 3.8) is 0 Å². The molecule has 0 aliphatic rings. The molecule has 0 unspecified atom stereocenters. The van der Waals surface area contributed by atoms with E-state index in [1.807, 2.05) is 24.3 Å². The van der Waals surface area contributed by atoms with Gasteiger partial charge in [0.2, 0.25) is 0 Å². The van der Waals surface area contributed by atoms with E-state index in [0.29, 0.717) is 19.0 Å². The zero-order valence-electron chi connectivity index (χ0n) is 15.1. The third-order valence-electron chi connectivity index (χ3n) is 4.22. The average molecular weight is 365 g/mol. The first kappa shape index (κ1) is 18.9. The number of benzene rings is 2. The zero-order chi connectivity index (χ0) is 18.7. The largest absolute Gasteiger partial charge is 0.494 e. The lowest BCUT2D eigenvalue weighted by molar-refractivity contribution is -0.242. The van der Waals surface area contributed by atoms with Crippen LogP contribution in [0.4, 0.5) is 0 Å². The fraction of sp³-hybridized carbons (Fsp3) is 0.286. The van der Waals surface area contributed by atoms with Crippen LogP contribution in [0.3, 0.4) is 0 Å². The Morgan fingerprint density at radius 3 is 1.85 bits per heavy atom. The summed E-state index contributed by atoms with van der Waals surface area (Å²) in [5.41, 5.74) is 3.23. The highest BCUT2D eigenvalue weighted by Crippen LogP contribution is 2.25. The highest BCUT2D eigenvalue weighted by molar-refractivity contribution is 5.68. The first-order valence-corrected chi connectivity index (χ1v) is 9.09. The van der Waals surface area contributed by atoms with Gasteiger partial charge in [-0.2, -0.15) is 0 Å². The summed E-state index contributed by atoms with van der Waals surface area (Å²) in [5, 5.41) is 8.26. The molecule has 0 aliphatic heterocycles. The normalized spacial score (nSPS) is 10.7. The highest BCUT2D eigenvalue weighted by Gasteiger charge is 2.03. The smallest absolute Gasteiger partial charge is 0.162 e. The SMILES string of the molecule is OOCCCCCCOc1ccc(-c2ccc(-c3ncncn3)cc2)cc1. The topological polar surface area (TPSA) is 77.4 Å². The molecule has 3 aromatic rings. The van der Waals surface area contributed by atoms with Gasteiger partial charge < -0.3 is 4.74 Å². The van der Waals surface area contributed by atoms with Crippen molar-refractivity contribution in [3.05, 3.63) is 61.2 Å². The molecule has 1 heterocycles. The highest BCUT2D eigenvalue weighted by atomic mass is 17.1. The number of hydrogen-bond donors (Lipinski definition) is 1. The Labute approximate surface area is 158 Å². The van der Waals surface area contributed by atoms with Crippen molar-refractivity contribution in [2.24, 2.45) is 0 Å². The molecular weight excluding hydrogens is 342 g/mol. The Kier molecular flexibility index (Phi) is 7.26. The Morgan fingerprint density at radius 1 is 0.667 bits per heavy atom. The third kappa shape index (κ3) is 5.84. The molecule has 0 saturated carbocycles. The first-order chi connectivity index (χ1) is 13.4. The lowest BCUT2D eigenvalue weighted by Crippen LogP contribution is -1.98. The molecule has 140 valence electrons. The van der Waals surface area contributed by atoms with Gasteiger partial charge in [-0.15, -0.1) is 0 Å². The van der Waals surface area contributed by atoms with Crippen LogP contribution in [0, 0.1) is 0 Å². The predicted octanol–water partition coefficient (Wildman–Crippen LogP) is 4.63. The van der Waals surface area contributed by atoms with E-state index in [4.69, 9.17) is 9.99 Å². The van der Waals surface area contributed by atoms with Crippen molar-refractivity contribution < 1.29 is 14.9 Å². The molecule has 0 saturated heterocycles. The van der Waals surface area contributed by atoms with E-state index in [-0.39, 0.29) is 0 Å². The summed E-state index contributed by atoms with van der Waals surface area (Å²) in [6.07, 6.45) is 6.96. The van der Waals surface area contributed by atoms with Crippen molar-refractivity contribution in [1.82, 2.24) is 15.0 Å². The van der Waals surface area contributed by atoms with Crippen LogP contribution in [-0.2, 0) is 4.89 Å². The molecule has 0 aliphatic carbocycles. The van der Waals surface area contributed by atoms with Crippen molar-refractivity contribution >= 4 is 0 Å². The van der Waals surface area contributed by atoms with Gasteiger partial charge in [0, 0.05) is 5.56 Å². The van der Waals surface area contributed by atoms with Crippen molar-refractivity contribution in [2.45, 2.75) is 25.7 Å². The monoisotopic (exact) mass is 365 g/mol. The third-order valence-corrected chi connectivity index (χ3v) is 4.22. The lowest BCUT2D eigenvalue weighted by atomic mass is 10.0. The maximum Gasteiger partial charge on any atom is 0.162 e. The molecule has 6 heteroatoms. The van der Waals surface area contributed by atoms with E-state index in [0.717, 1.165) is 48.1 Å². The van der Waals surface area contributed by atoms with E-state index >= 15 is 0 Å². The van der Waals surface area contributed by atoms with Crippen LogP contribution in [0.5, 0.6) is 5.75 Å². The predicted molar refractivity (Wildman–Crippen MR) is 103 cm³/mol. The van der Waals surface area contributed by atoms with Gasteiger partial charge in [0.1, 0.15) is 18.4 Å². The van der Waals surface area contributed by atoms with Gasteiger partial charge in [-0.05, 0) is 42.5 Å². The standard InChI is InChI=1S/C21H23N3O3/c25-27-14-4-2-1-3-13-26-20-11-9-18(10-12-20)17-5-7-19(8-6-17)21-23-15-22-16-24-21/h5-12,15-16,25H,1-4,13-14H2. The van der Waals surface area contributed by atoms with Gasteiger partial charge in [-0.3, -0.25) is 5.26 Å². The van der Waals surface area contributed by atoms with Crippen LogP contribution in [0.1, 0.15) is 25.7 Å². The molecule has 0 fully saturated rings. The van der Waals surface area contributed by atoms with Gasteiger partial charge in [-0.25, -0.2) is 19.8 Å². The molecule has 6 nitrogen and oxygen atoms in total. The number of aromatic nitrogens is 3. The number of nitrogens with zero attached hydrogens (tertiary/aromatic N) is 3. The second kappa shape index (κ2) is 10.4. The fourth-order valence-corrected chi connectivity index (χ4v) is 2.76. The fourth-order valence-electron chi connectivity index (χ4n) is 2.76. The minimum Gasteiger partial charge on any atom is -0.494 e. The maximum absolute atomic E-state index is 8.26. The van der Waals surface area contributed by atoms with Crippen molar-refractivity contribution in [3.8, 4) is 28.3 Å². The molecular formula is C21H23N3O3. The molecule has 3 rings (SSSR count). The Bertz CT molecular complexity index is 793. The van der Waals surface area contributed by atoms with Gasteiger partial charge >= 0.3 is 0 Å². The van der Waals surface area contributed by atoms with E-state index in [1.54, 1.807) is 0 Å². The van der Waals surface area contributed by atoms with Crippen LogP contribution in [-0.4, -0.2) is 33.4 Å².